The van der Waals surface area contributed by atoms with Gasteiger partial charge < -0.3 is 10.1 Å². The van der Waals surface area contributed by atoms with Crippen molar-refractivity contribution in [2.24, 2.45) is 0 Å². The molecule has 2 rings (SSSR count). The molecule has 1 atom stereocenters. The molecule has 5 heteroatoms. The van der Waals surface area contributed by atoms with Gasteiger partial charge in [0.2, 0.25) is 0 Å². The van der Waals surface area contributed by atoms with E-state index in [-0.39, 0.29) is 11.8 Å². The Hall–Kier alpha value is -1.46. The van der Waals surface area contributed by atoms with Gasteiger partial charge in [-0.25, -0.2) is 0 Å². The van der Waals surface area contributed by atoms with Crippen molar-refractivity contribution in [1.82, 2.24) is 5.32 Å². The quantitative estimate of drug-likeness (QED) is 0.825. The lowest BCUT2D eigenvalue weighted by molar-refractivity contribution is -0.0507. The first-order valence-corrected chi connectivity index (χ1v) is 7.37. The molecular weight excluding hydrogens is 280 g/mol. The molecule has 0 aliphatic rings. The van der Waals surface area contributed by atoms with Crippen LogP contribution in [0.2, 0.25) is 0 Å². The summed E-state index contributed by atoms with van der Waals surface area (Å²) in [6.07, 6.45) is 1.73. The monoisotopic (exact) mass is 297 g/mol. The molecule has 1 heterocycles. The number of thiophene rings is 1. The van der Waals surface area contributed by atoms with Crippen LogP contribution in [0, 0.1) is 0 Å². The minimum atomic E-state index is -2.80. The van der Waals surface area contributed by atoms with Gasteiger partial charge in [-0.05, 0) is 48.3 Å². The van der Waals surface area contributed by atoms with Crippen LogP contribution in [0.15, 0.2) is 41.1 Å². The number of aryl methyl sites for hydroxylation is 1. The molecule has 0 aliphatic heterocycles. The normalized spacial score (nSPS) is 12.6. The Balaban J connectivity index is 2.10. The number of alkyl halides is 2. The number of nitrogens with one attached hydrogen (secondary N) is 1. The average Bonchev–Trinajstić information content (AvgIpc) is 2.94. The molecule has 0 amide bonds. The van der Waals surface area contributed by atoms with Gasteiger partial charge in [0.1, 0.15) is 5.75 Å². The molecule has 1 unspecified atom stereocenters. The van der Waals surface area contributed by atoms with Crippen LogP contribution < -0.4 is 10.1 Å². The van der Waals surface area contributed by atoms with E-state index in [1.165, 1.54) is 5.56 Å². The Morgan fingerprint density at radius 3 is 2.70 bits per heavy atom. The molecule has 20 heavy (non-hydrogen) atoms. The summed E-state index contributed by atoms with van der Waals surface area (Å²) in [7, 11) is 1.83. The van der Waals surface area contributed by atoms with Gasteiger partial charge >= 0.3 is 6.61 Å². The molecule has 0 bridgehead atoms. The van der Waals surface area contributed by atoms with Crippen LogP contribution in [0.3, 0.4) is 0 Å². The van der Waals surface area contributed by atoms with Crippen molar-refractivity contribution in [3.8, 4) is 5.75 Å². The number of benzene rings is 1. The molecule has 108 valence electrons. The van der Waals surface area contributed by atoms with Crippen molar-refractivity contribution in [3.05, 3.63) is 52.2 Å². The van der Waals surface area contributed by atoms with Crippen LogP contribution >= 0.6 is 11.3 Å². The maximum absolute atomic E-state index is 12.4. The Labute approximate surface area is 121 Å². The lowest BCUT2D eigenvalue weighted by Gasteiger charge is -2.19. The van der Waals surface area contributed by atoms with Crippen LogP contribution in [-0.2, 0) is 6.42 Å². The number of para-hydroxylation sites is 1. The largest absolute Gasteiger partial charge is 0.434 e. The van der Waals surface area contributed by atoms with E-state index in [9.17, 15) is 8.78 Å². The molecule has 2 nitrogen and oxygen atoms in total. The standard InChI is InChI=1S/C15H17F2NOS/c1-18-13(7-6-11-8-9-20-10-11)12-4-2-3-5-14(12)19-15(16)17/h2-5,8-10,13,15,18H,6-7H2,1H3. The molecule has 2 aromatic rings. The van der Waals surface area contributed by atoms with Gasteiger partial charge in [0.05, 0.1) is 0 Å². The zero-order valence-electron chi connectivity index (χ0n) is 11.2. The lowest BCUT2D eigenvalue weighted by atomic mass is 9.99. The molecule has 1 aromatic heterocycles. The van der Waals surface area contributed by atoms with Crippen LogP contribution in [0.4, 0.5) is 8.78 Å². The highest BCUT2D eigenvalue weighted by molar-refractivity contribution is 7.07. The van der Waals surface area contributed by atoms with Crippen molar-refractivity contribution >= 4 is 11.3 Å². The highest BCUT2D eigenvalue weighted by atomic mass is 32.1. The molecule has 0 fully saturated rings. The topological polar surface area (TPSA) is 21.3 Å². The average molecular weight is 297 g/mol. The van der Waals surface area contributed by atoms with Crippen LogP contribution in [0.5, 0.6) is 5.75 Å². The summed E-state index contributed by atoms with van der Waals surface area (Å²) in [6.45, 7) is -2.80. The highest BCUT2D eigenvalue weighted by Crippen LogP contribution is 2.29. The van der Waals surface area contributed by atoms with E-state index in [4.69, 9.17) is 0 Å². The number of rotatable bonds is 7. The second-order valence-corrected chi connectivity index (χ2v) is 5.21. The van der Waals surface area contributed by atoms with E-state index in [1.54, 1.807) is 23.5 Å². The van der Waals surface area contributed by atoms with Gasteiger partial charge in [-0.3, -0.25) is 0 Å². The molecule has 0 spiro atoms. The summed E-state index contributed by atoms with van der Waals surface area (Å²) in [5, 5.41) is 7.32. The van der Waals surface area contributed by atoms with Gasteiger partial charge in [-0.2, -0.15) is 20.1 Å². The molecule has 0 aliphatic carbocycles. The fourth-order valence-corrected chi connectivity index (χ4v) is 2.88. The van der Waals surface area contributed by atoms with E-state index in [1.807, 2.05) is 24.6 Å². The molecule has 0 saturated carbocycles. The smallest absolute Gasteiger partial charge is 0.387 e. The first kappa shape index (κ1) is 14.9. The van der Waals surface area contributed by atoms with Gasteiger partial charge in [0.15, 0.2) is 0 Å². The SMILES string of the molecule is CNC(CCc1ccsc1)c1ccccc1OC(F)F. The molecular formula is C15H17F2NOS. The summed E-state index contributed by atoms with van der Waals surface area (Å²) in [6, 6.07) is 9.02. The number of halogens is 2. The number of hydrogen-bond donors (Lipinski definition) is 1. The molecule has 0 saturated heterocycles. The van der Waals surface area contributed by atoms with E-state index < -0.39 is 6.61 Å². The summed E-state index contributed by atoms with van der Waals surface area (Å²) in [5.41, 5.74) is 2.04. The van der Waals surface area contributed by atoms with Crippen molar-refractivity contribution in [2.75, 3.05) is 7.05 Å². The minimum absolute atomic E-state index is 0.00940. The first-order chi connectivity index (χ1) is 9.70. The van der Waals surface area contributed by atoms with Gasteiger partial charge in [-0.1, -0.05) is 18.2 Å². The third-order valence-corrected chi connectivity index (χ3v) is 3.89. The fourth-order valence-electron chi connectivity index (χ4n) is 2.17. The van der Waals surface area contributed by atoms with Crippen molar-refractivity contribution in [1.29, 1.82) is 0 Å². The summed E-state index contributed by atoms with van der Waals surface area (Å²) >= 11 is 1.66. The molecule has 1 aromatic carbocycles. The van der Waals surface area contributed by atoms with Gasteiger partial charge in [-0.15, -0.1) is 0 Å². The van der Waals surface area contributed by atoms with Gasteiger partial charge in [0, 0.05) is 11.6 Å². The lowest BCUT2D eigenvalue weighted by Crippen LogP contribution is -2.18. The Kier molecular flexibility index (Phi) is 5.49. The third kappa shape index (κ3) is 4.02. The second-order valence-electron chi connectivity index (χ2n) is 4.43. The van der Waals surface area contributed by atoms with E-state index in [0.29, 0.717) is 0 Å². The first-order valence-electron chi connectivity index (χ1n) is 6.42. The predicted molar refractivity (Wildman–Crippen MR) is 77.5 cm³/mol. The maximum atomic E-state index is 12.4. The third-order valence-electron chi connectivity index (χ3n) is 3.16. The maximum Gasteiger partial charge on any atom is 0.387 e. The van der Waals surface area contributed by atoms with E-state index in [0.717, 1.165) is 18.4 Å². The zero-order chi connectivity index (χ0) is 14.4. The van der Waals surface area contributed by atoms with Gasteiger partial charge in [0.25, 0.3) is 0 Å². The van der Waals surface area contributed by atoms with Crippen LogP contribution in [0.1, 0.15) is 23.6 Å². The fraction of sp³-hybridized carbons (Fsp3) is 0.333. The minimum Gasteiger partial charge on any atom is -0.434 e. The number of hydrogen-bond acceptors (Lipinski definition) is 3. The number of ether oxygens (including phenoxy) is 1. The van der Waals surface area contributed by atoms with Crippen molar-refractivity contribution in [3.63, 3.8) is 0 Å². The summed E-state index contributed by atoms with van der Waals surface area (Å²) in [5.74, 6) is 0.243. The summed E-state index contributed by atoms with van der Waals surface area (Å²) < 4.78 is 29.5. The molecule has 0 radical (unpaired) electrons. The van der Waals surface area contributed by atoms with Crippen LogP contribution in [0.25, 0.3) is 0 Å². The zero-order valence-corrected chi connectivity index (χ0v) is 12.0. The Morgan fingerprint density at radius 2 is 2.05 bits per heavy atom. The molecule has 1 N–H and O–H groups in total. The second kappa shape index (κ2) is 7.36. The summed E-state index contributed by atoms with van der Waals surface area (Å²) in [4.78, 5) is 0. The highest BCUT2D eigenvalue weighted by Gasteiger charge is 2.16. The predicted octanol–water partition coefficient (Wildman–Crippen LogP) is 4.24. The van der Waals surface area contributed by atoms with Crippen LogP contribution in [-0.4, -0.2) is 13.7 Å². The van der Waals surface area contributed by atoms with E-state index in [2.05, 4.69) is 21.5 Å². The Morgan fingerprint density at radius 1 is 1.25 bits per heavy atom. The van der Waals surface area contributed by atoms with Crippen molar-refractivity contribution < 1.29 is 13.5 Å². The Bertz CT molecular complexity index is 516. The van der Waals surface area contributed by atoms with Crippen molar-refractivity contribution in [2.45, 2.75) is 25.5 Å². The van der Waals surface area contributed by atoms with E-state index >= 15 is 0 Å².